The van der Waals surface area contributed by atoms with Crippen molar-refractivity contribution in [1.82, 2.24) is 0 Å². The molecule has 2 aromatic carbocycles. The lowest BCUT2D eigenvalue weighted by Gasteiger charge is -2.10. The Labute approximate surface area is 118 Å². The molecule has 0 unspecified atom stereocenters. The molecule has 1 atom stereocenters. The van der Waals surface area contributed by atoms with Gasteiger partial charge in [-0.05, 0) is 48.7 Å². The van der Waals surface area contributed by atoms with Gasteiger partial charge in [-0.3, -0.25) is 0 Å². The number of rotatable bonds is 5. The molecule has 2 rings (SSSR count). The van der Waals surface area contributed by atoms with Crippen molar-refractivity contribution in [3.63, 3.8) is 0 Å². The van der Waals surface area contributed by atoms with Gasteiger partial charge in [0.2, 0.25) is 0 Å². The molecular weight excluding hydrogens is 255 g/mol. The molecule has 20 heavy (non-hydrogen) atoms. The molecule has 0 amide bonds. The van der Waals surface area contributed by atoms with E-state index in [2.05, 4.69) is 6.92 Å². The number of hydrogen-bond donors (Lipinski definition) is 1. The standard InChI is InChI=1S/C17H19FO2/c1-3-4-13-5-8-15(9-6-13)20-17-10-7-14(12(2)19)11-16(17)18/h5-12,19H,3-4H2,1-2H3/t12-/m0/s1. The maximum Gasteiger partial charge on any atom is 0.166 e. The molecule has 0 bridgehead atoms. The van der Waals surface area contributed by atoms with E-state index in [-0.39, 0.29) is 5.75 Å². The fourth-order valence-electron chi connectivity index (χ4n) is 2.00. The molecule has 0 spiro atoms. The summed E-state index contributed by atoms with van der Waals surface area (Å²) in [6.45, 7) is 3.73. The van der Waals surface area contributed by atoms with Crippen LogP contribution in [0.2, 0.25) is 0 Å². The van der Waals surface area contributed by atoms with E-state index in [4.69, 9.17) is 4.74 Å². The smallest absolute Gasteiger partial charge is 0.166 e. The summed E-state index contributed by atoms with van der Waals surface area (Å²) in [4.78, 5) is 0. The Balaban J connectivity index is 2.13. The van der Waals surface area contributed by atoms with Crippen LogP contribution in [0, 0.1) is 5.82 Å². The van der Waals surface area contributed by atoms with Gasteiger partial charge in [0.25, 0.3) is 0 Å². The predicted octanol–water partition coefficient (Wildman–Crippen LogP) is 4.62. The third-order valence-electron chi connectivity index (χ3n) is 3.13. The Morgan fingerprint density at radius 1 is 1.15 bits per heavy atom. The lowest BCUT2D eigenvalue weighted by Crippen LogP contribution is -1.94. The summed E-state index contributed by atoms with van der Waals surface area (Å²) < 4.78 is 19.4. The highest BCUT2D eigenvalue weighted by Gasteiger charge is 2.08. The molecule has 0 radical (unpaired) electrons. The molecular formula is C17H19FO2. The molecule has 0 aliphatic heterocycles. The van der Waals surface area contributed by atoms with Gasteiger partial charge in [-0.2, -0.15) is 0 Å². The zero-order valence-corrected chi connectivity index (χ0v) is 11.8. The zero-order chi connectivity index (χ0) is 14.5. The van der Waals surface area contributed by atoms with Crippen LogP contribution in [0.3, 0.4) is 0 Å². The first kappa shape index (κ1) is 14.5. The van der Waals surface area contributed by atoms with E-state index in [1.54, 1.807) is 13.0 Å². The average molecular weight is 274 g/mol. The van der Waals surface area contributed by atoms with Crippen LogP contribution in [-0.2, 0) is 6.42 Å². The van der Waals surface area contributed by atoms with Gasteiger partial charge >= 0.3 is 0 Å². The SMILES string of the molecule is CCCc1ccc(Oc2ccc([C@H](C)O)cc2F)cc1. The first-order chi connectivity index (χ1) is 9.60. The predicted molar refractivity (Wildman–Crippen MR) is 77.5 cm³/mol. The largest absolute Gasteiger partial charge is 0.454 e. The van der Waals surface area contributed by atoms with Crippen molar-refractivity contribution in [3.05, 3.63) is 59.4 Å². The highest BCUT2D eigenvalue weighted by Crippen LogP contribution is 2.27. The van der Waals surface area contributed by atoms with Gasteiger partial charge in [0.15, 0.2) is 11.6 Å². The van der Waals surface area contributed by atoms with E-state index in [0.29, 0.717) is 11.3 Å². The molecule has 0 saturated heterocycles. The number of halogens is 1. The fraction of sp³-hybridized carbons (Fsp3) is 0.294. The Kier molecular flexibility index (Phi) is 4.74. The van der Waals surface area contributed by atoms with E-state index >= 15 is 0 Å². The molecule has 0 aliphatic carbocycles. The van der Waals surface area contributed by atoms with E-state index in [0.717, 1.165) is 12.8 Å². The van der Waals surface area contributed by atoms with E-state index in [1.807, 2.05) is 24.3 Å². The van der Waals surface area contributed by atoms with Crippen molar-refractivity contribution in [2.45, 2.75) is 32.8 Å². The molecule has 1 N–H and O–H groups in total. The molecule has 3 heteroatoms. The summed E-state index contributed by atoms with van der Waals surface area (Å²) in [6, 6.07) is 12.2. The normalized spacial score (nSPS) is 12.2. The van der Waals surface area contributed by atoms with Crippen LogP contribution in [0.5, 0.6) is 11.5 Å². The lowest BCUT2D eigenvalue weighted by atomic mass is 10.1. The molecule has 2 aromatic rings. The second kappa shape index (κ2) is 6.53. The number of benzene rings is 2. The number of aliphatic hydroxyl groups excluding tert-OH is 1. The maximum absolute atomic E-state index is 13.9. The van der Waals surface area contributed by atoms with Gasteiger partial charge in [0.1, 0.15) is 5.75 Å². The van der Waals surface area contributed by atoms with Gasteiger partial charge in [0.05, 0.1) is 6.10 Å². The summed E-state index contributed by atoms with van der Waals surface area (Å²) in [5, 5.41) is 9.40. The molecule has 0 saturated carbocycles. The Morgan fingerprint density at radius 2 is 1.85 bits per heavy atom. The van der Waals surface area contributed by atoms with Crippen molar-refractivity contribution >= 4 is 0 Å². The van der Waals surface area contributed by atoms with Crippen LogP contribution in [0.1, 0.15) is 37.5 Å². The maximum atomic E-state index is 13.9. The summed E-state index contributed by atoms with van der Waals surface area (Å²) in [6.07, 6.45) is 1.43. The van der Waals surface area contributed by atoms with E-state index in [9.17, 15) is 9.50 Å². The fourth-order valence-corrected chi connectivity index (χ4v) is 2.00. The minimum atomic E-state index is -0.688. The quantitative estimate of drug-likeness (QED) is 0.861. The third kappa shape index (κ3) is 3.58. The van der Waals surface area contributed by atoms with E-state index in [1.165, 1.54) is 17.7 Å². The summed E-state index contributed by atoms with van der Waals surface area (Å²) in [5.41, 5.74) is 1.78. The first-order valence-corrected chi connectivity index (χ1v) is 6.84. The van der Waals surface area contributed by atoms with Gasteiger partial charge in [-0.15, -0.1) is 0 Å². The number of ether oxygens (including phenoxy) is 1. The third-order valence-corrected chi connectivity index (χ3v) is 3.13. The lowest BCUT2D eigenvalue weighted by molar-refractivity contribution is 0.198. The monoisotopic (exact) mass is 274 g/mol. The van der Waals surface area contributed by atoms with Crippen LogP contribution < -0.4 is 4.74 Å². The Bertz CT molecular complexity index is 562. The van der Waals surface area contributed by atoms with Crippen LogP contribution in [0.25, 0.3) is 0 Å². The van der Waals surface area contributed by atoms with Crippen LogP contribution >= 0.6 is 0 Å². The summed E-state index contributed by atoms with van der Waals surface area (Å²) >= 11 is 0. The highest BCUT2D eigenvalue weighted by molar-refractivity contribution is 5.36. The number of aliphatic hydroxyl groups is 1. The number of hydrogen-bond acceptors (Lipinski definition) is 2. The summed E-state index contributed by atoms with van der Waals surface area (Å²) in [5.74, 6) is 0.298. The van der Waals surface area contributed by atoms with Crippen LogP contribution in [0.4, 0.5) is 4.39 Å². The second-order valence-corrected chi connectivity index (χ2v) is 4.86. The first-order valence-electron chi connectivity index (χ1n) is 6.84. The molecule has 106 valence electrons. The minimum absolute atomic E-state index is 0.164. The van der Waals surface area contributed by atoms with Gasteiger partial charge in [-0.1, -0.05) is 31.5 Å². The van der Waals surface area contributed by atoms with Gasteiger partial charge in [-0.25, -0.2) is 4.39 Å². The van der Waals surface area contributed by atoms with Crippen LogP contribution in [-0.4, -0.2) is 5.11 Å². The molecule has 0 fully saturated rings. The van der Waals surface area contributed by atoms with E-state index < -0.39 is 11.9 Å². The molecule has 0 heterocycles. The second-order valence-electron chi connectivity index (χ2n) is 4.86. The molecule has 2 nitrogen and oxygen atoms in total. The zero-order valence-electron chi connectivity index (χ0n) is 11.8. The van der Waals surface area contributed by atoms with Gasteiger partial charge in [0, 0.05) is 0 Å². The average Bonchev–Trinajstić information content (AvgIpc) is 2.43. The van der Waals surface area contributed by atoms with Crippen molar-refractivity contribution in [3.8, 4) is 11.5 Å². The van der Waals surface area contributed by atoms with Crippen molar-refractivity contribution in [1.29, 1.82) is 0 Å². The van der Waals surface area contributed by atoms with Gasteiger partial charge < -0.3 is 9.84 Å². The van der Waals surface area contributed by atoms with Crippen LogP contribution in [0.15, 0.2) is 42.5 Å². The highest BCUT2D eigenvalue weighted by atomic mass is 19.1. The summed E-state index contributed by atoms with van der Waals surface area (Å²) in [7, 11) is 0. The number of aryl methyl sites for hydroxylation is 1. The topological polar surface area (TPSA) is 29.5 Å². The molecule has 0 aromatic heterocycles. The van der Waals surface area contributed by atoms with Crippen molar-refractivity contribution < 1.29 is 14.2 Å². The Morgan fingerprint density at radius 3 is 2.40 bits per heavy atom. The minimum Gasteiger partial charge on any atom is -0.454 e. The Hall–Kier alpha value is -1.87. The van der Waals surface area contributed by atoms with Crippen molar-refractivity contribution in [2.75, 3.05) is 0 Å². The molecule has 0 aliphatic rings. The van der Waals surface area contributed by atoms with Crippen molar-refractivity contribution in [2.24, 2.45) is 0 Å².